The highest BCUT2D eigenvalue weighted by Gasteiger charge is 2.62. The van der Waals surface area contributed by atoms with Gasteiger partial charge >= 0.3 is 6.03 Å². The van der Waals surface area contributed by atoms with Crippen molar-refractivity contribution >= 4 is 34.9 Å². The van der Waals surface area contributed by atoms with Crippen LogP contribution in [0.5, 0.6) is 0 Å². The van der Waals surface area contributed by atoms with Gasteiger partial charge in [0.15, 0.2) is 0 Å². The van der Waals surface area contributed by atoms with Crippen LogP contribution in [0, 0.1) is 32.1 Å². The van der Waals surface area contributed by atoms with Gasteiger partial charge in [-0.25, -0.2) is 4.79 Å². The molecule has 0 radical (unpaired) electrons. The molecule has 158 valence electrons. The second-order valence-electron chi connectivity index (χ2n) is 7.27. The molecule has 2 N–H and O–H groups in total. The Bertz CT molecular complexity index is 937. The first kappa shape index (κ1) is 19.7. The number of rotatable bonds is 6. The van der Waals surface area contributed by atoms with E-state index in [2.05, 4.69) is 10.6 Å². The molecule has 3 saturated heterocycles. The first-order valence-electron chi connectivity index (χ1n) is 9.26. The number of carbonyl (C=O) groups is 3. The zero-order chi connectivity index (χ0) is 21.6. The molecule has 3 aliphatic heterocycles. The van der Waals surface area contributed by atoms with E-state index in [1.165, 1.54) is 0 Å². The van der Waals surface area contributed by atoms with Crippen molar-refractivity contribution in [1.82, 2.24) is 10.2 Å². The molecule has 4 atom stereocenters. The number of nitro benzene ring substituents is 2. The molecule has 13 heteroatoms. The van der Waals surface area contributed by atoms with Gasteiger partial charge in [-0.2, -0.15) is 0 Å². The van der Waals surface area contributed by atoms with E-state index in [1.807, 2.05) is 0 Å². The number of fused-ring (bicyclic) bond motifs is 5. The summed E-state index contributed by atoms with van der Waals surface area (Å²) in [5, 5.41) is 26.5. The molecule has 3 fully saturated rings. The third kappa shape index (κ3) is 3.22. The fourth-order valence-corrected chi connectivity index (χ4v) is 4.33. The maximum absolute atomic E-state index is 12.5. The van der Waals surface area contributed by atoms with E-state index in [9.17, 15) is 34.6 Å². The standard InChI is InChI=1S/C17H17N5O8/c23-15-13-11-3-4-12(30-11)14(13)16(24)20(15)6-5-18-17(25)19-9-2-1-8(21(26)27)7-10(9)22(28)29/h1-2,7,11-14H,3-6H2,(H2,18,19,25)/t11-,12+,13-,14+. The summed E-state index contributed by atoms with van der Waals surface area (Å²) in [7, 11) is 0. The number of nitrogens with one attached hydrogen (secondary N) is 2. The number of hydrogen-bond acceptors (Lipinski definition) is 8. The number of ether oxygens (including phenoxy) is 1. The molecule has 30 heavy (non-hydrogen) atoms. The fourth-order valence-electron chi connectivity index (χ4n) is 4.33. The molecule has 3 aliphatic rings. The number of likely N-dealkylation sites (tertiary alicyclic amines) is 1. The van der Waals surface area contributed by atoms with E-state index in [0.717, 1.165) is 35.9 Å². The average molecular weight is 419 g/mol. The number of nitro groups is 2. The van der Waals surface area contributed by atoms with Crippen LogP contribution in [0.25, 0.3) is 0 Å². The highest BCUT2D eigenvalue weighted by atomic mass is 16.6. The minimum Gasteiger partial charge on any atom is -0.373 e. The number of imide groups is 1. The quantitative estimate of drug-likeness (QED) is 0.386. The SMILES string of the molecule is O=C(NCCN1C(=O)[C@@H]2[C@H](C1=O)[C@H]1CC[C@@H]2O1)Nc1ccc([N+](=O)[O-])cc1[N+](=O)[O-]. The van der Waals surface area contributed by atoms with E-state index < -0.39 is 39.1 Å². The van der Waals surface area contributed by atoms with Crippen LogP contribution in [-0.2, 0) is 14.3 Å². The summed E-state index contributed by atoms with van der Waals surface area (Å²) >= 11 is 0. The van der Waals surface area contributed by atoms with E-state index in [4.69, 9.17) is 4.74 Å². The molecule has 0 aromatic heterocycles. The second-order valence-corrected chi connectivity index (χ2v) is 7.27. The van der Waals surface area contributed by atoms with Crippen LogP contribution < -0.4 is 10.6 Å². The molecule has 2 bridgehead atoms. The largest absolute Gasteiger partial charge is 0.373 e. The Morgan fingerprint density at radius 3 is 2.30 bits per heavy atom. The summed E-state index contributed by atoms with van der Waals surface area (Å²) in [6.45, 7) is -0.0837. The molecule has 4 rings (SSSR count). The molecule has 1 aromatic carbocycles. The molecular formula is C17H17N5O8. The number of non-ortho nitro benzene ring substituents is 1. The van der Waals surface area contributed by atoms with Crippen LogP contribution >= 0.6 is 0 Å². The lowest BCUT2D eigenvalue weighted by molar-refractivity contribution is -0.393. The van der Waals surface area contributed by atoms with Crippen LogP contribution in [-0.4, -0.2) is 57.9 Å². The Balaban J connectivity index is 1.34. The molecule has 13 nitrogen and oxygen atoms in total. The zero-order valence-electron chi connectivity index (χ0n) is 15.5. The highest BCUT2D eigenvalue weighted by molar-refractivity contribution is 6.06. The third-order valence-electron chi connectivity index (χ3n) is 5.63. The van der Waals surface area contributed by atoms with Crippen LogP contribution in [0.15, 0.2) is 18.2 Å². The normalized spacial score (nSPS) is 26.6. The molecule has 4 amide bonds. The number of anilines is 1. The number of amides is 4. The summed E-state index contributed by atoms with van der Waals surface area (Å²) in [6.07, 6.45) is 1.07. The van der Waals surface area contributed by atoms with E-state index in [-0.39, 0.29) is 42.8 Å². The Labute approximate surface area is 168 Å². The first-order valence-corrected chi connectivity index (χ1v) is 9.26. The maximum Gasteiger partial charge on any atom is 0.319 e. The van der Waals surface area contributed by atoms with Gasteiger partial charge in [0.25, 0.3) is 11.4 Å². The molecule has 3 heterocycles. The third-order valence-corrected chi connectivity index (χ3v) is 5.63. The number of carbonyl (C=O) groups excluding carboxylic acids is 3. The average Bonchev–Trinajstić information content (AvgIpc) is 3.37. The Kier molecular flexibility index (Phi) is 4.81. The van der Waals surface area contributed by atoms with Crippen molar-refractivity contribution in [3.8, 4) is 0 Å². The van der Waals surface area contributed by atoms with Gasteiger partial charge in [-0.3, -0.25) is 34.7 Å². The number of nitrogens with zero attached hydrogens (tertiary/aromatic N) is 3. The summed E-state index contributed by atoms with van der Waals surface area (Å²) in [5.41, 5.74) is -1.34. The van der Waals surface area contributed by atoms with Gasteiger partial charge in [-0.15, -0.1) is 0 Å². The molecule has 0 spiro atoms. The minimum atomic E-state index is -0.848. The lowest BCUT2D eigenvalue weighted by Gasteiger charge is -2.17. The predicted octanol–water partition coefficient (Wildman–Crippen LogP) is 0.787. The van der Waals surface area contributed by atoms with Crippen LogP contribution in [0.1, 0.15) is 12.8 Å². The van der Waals surface area contributed by atoms with Crippen molar-refractivity contribution in [2.75, 3.05) is 18.4 Å². The molecular weight excluding hydrogens is 402 g/mol. The number of urea groups is 1. The van der Waals surface area contributed by atoms with Gasteiger partial charge in [0.1, 0.15) is 5.69 Å². The smallest absolute Gasteiger partial charge is 0.319 e. The monoisotopic (exact) mass is 419 g/mol. The Hall–Kier alpha value is -3.61. The van der Waals surface area contributed by atoms with E-state index in [0.29, 0.717) is 0 Å². The highest BCUT2D eigenvalue weighted by Crippen LogP contribution is 2.48. The van der Waals surface area contributed by atoms with Gasteiger partial charge in [0, 0.05) is 19.2 Å². The topological polar surface area (TPSA) is 174 Å². The Morgan fingerprint density at radius 1 is 1.10 bits per heavy atom. The van der Waals surface area contributed by atoms with Crippen molar-refractivity contribution in [2.24, 2.45) is 11.8 Å². The number of benzene rings is 1. The first-order chi connectivity index (χ1) is 14.3. The van der Waals surface area contributed by atoms with Gasteiger partial charge in [0.05, 0.1) is 40.0 Å². The van der Waals surface area contributed by atoms with E-state index in [1.54, 1.807) is 0 Å². The van der Waals surface area contributed by atoms with E-state index >= 15 is 0 Å². The second kappa shape index (κ2) is 7.33. The van der Waals surface area contributed by atoms with Crippen molar-refractivity contribution in [1.29, 1.82) is 0 Å². The molecule has 1 aromatic rings. The van der Waals surface area contributed by atoms with Crippen LogP contribution in [0.2, 0.25) is 0 Å². The summed E-state index contributed by atoms with van der Waals surface area (Å²) in [4.78, 5) is 58.5. The summed E-state index contributed by atoms with van der Waals surface area (Å²) in [6, 6.07) is 2.01. The van der Waals surface area contributed by atoms with Crippen molar-refractivity contribution in [3.63, 3.8) is 0 Å². The maximum atomic E-state index is 12.5. The van der Waals surface area contributed by atoms with Gasteiger partial charge in [0.2, 0.25) is 11.8 Å². The van der Waals surface area contributed by atoms with Gasteiger partial charge in [-0.05, 0) is 18.9 Å². The van der Waals surface area contributed by atoms with Crippen LogP contribution in [0.4, 0.5) is 21.9 Å². The molecule has 0 aliphatic carbocycles. The minimum absolute atomic E-state index is 0.0279. The molecule has 0 saturated carbocycles. The van der Waals surface area contributed by atoms with Crippen molar-refractivity contribution in [3.05, 3.63) is 38.4 Å². The van der Waals surface area contributed by atoms with Crippen LogP contribution in [0.3, 0.4) is 0 Å². The zero-order valence-corrected chi connectivity index (χ0v) is 15.5. The van der Waals surface area contributed by atoms with Crippen molar-refractivity contribution in [2.45, 2.75) is 25.0 Å². The Morgan fingerprint density at radius 2 is 1.73 bits per heavy atom. The summed E-state index contributed by atoms with van der Waals surface area (Å²) in [5.74, 6) is -1.50. The molecule has 0 unspecified atom stereocenters. The lowest BCUT2D eigenvalue weighted by atomic mass is 9.81. The van der Waals surface area contributed by atoms with Gasteiger partial charge < -0.3 is 15.4 Å². The predicted molar refractivity (Wildman–Crippen MR) is 98.4 cm³/mol. The summed E-state index contributed by atoms with van der Waals surface area (Å²) < 4.78 is 5.65. The van der Waals surface area contributed by atoms with Gasteiger partial charge in [-0.1, -0.05) is 0 Å². The fraction of sp³-hybridized carbons (Fsp3) is 0.471. The lowest BCUT2D eigenvalue weighted by Crippen LogP contribution is -2.41. The van der Waals surface area contributed by atoms with Crippen molar-refractivity contribution < 1.29 is 29.0 Å². The number of hydrogen-bond donors (Lipinski definition) is 2.